The summed E-state index contributed by atoms with van der Waals surface area (Å²) >= 11 is 0. The minimum absolute atomic E-state index is 0. The molecule has 1 unspecified atom stereocenters. The van der Waals surface area contributed by atoms with Gasteiger partial charge in [-0.2, -0.15) is 0 Å². The Hall–Kier alpha value is -1.14. The number of sulfonamides is 1. The molecule has 110 valence electrons. The Morgan fingerprint density at radius 3 is 2.45 bits per heavy atom. The zero-order chi connectivity index (χ0) is 13.9. The summed E-state index contributed by atoms with van der Waals surface area (Å²) in [6.45, 7) is 2.29. The average molecular weight is 315 g/mol. The van der Waals surface area contributed by atoms with Crippen molar-refractivity contribution in [2.75, 3.05) is 13.6 Å². The van der Waals surface area contributed by atoms with E-state index in [1.807, 2.05) is 37.3 Å². The van der Waals surface area contributed by atoms with E-state index in [9.17, 15) is 8.42 Å². The summed E-state index contributed by atoms with van der Waals surface area (Å²) in [7, 11) is -1.68. The van der Waals surface area contributed by atoms with E-state index in [0.29, 0.717) is 11.4 Å². The van der Waals surface area contributed by atoms with Gasteiger partial charge in [-0.1, -0.05) is 36.4 Å². The molecular formula is C14H19ClN2O2S. The maximum atomic E-state index is 12.3. The highest BCUT2D eigenvalue weighted by molar-refractivity contribution is 7.89. The van der Waals surface area contributed by atoms with Gasteiger partial charge in [-0.3, -0.25) is 0 Å². The highest BCUT2D eigenvalue weighted by atomic mass is 35.5. The van der Waals surface area contributed by atoms with Crippen molar-refractivity contribution in [1.29, 1.82) is 0 Å². The number of benzene rings is 2. The maximum Gasteiger partial charge on any atom is 0.241 e. The van der Waals surface area contributed by atoms with Crippen LogP contribution in [0.2, 0.25) is 0 Å². The molecule has 4 nitrogen and oxygen atoms in total. The third kappa shape index (κ3) is 3.70. The van der Waals surface area contributed by atoms with Crippen molar-refractivity contribution in [2.45, 2.75) is 17.9 Å². The Morgan fingerprint density at radius 2 is 1.75 bits per heavy atom. The van der Waals surface area contributed by atoms with Gasteiger partial charge in [0.25, 0.3) is 0 Å². The molecule has 2 N–H and O–H groups in total. The Kier molecular flexibility index (Phi) is 5.95. The minimum atomic E-state index is -3.48. The molecule has 20 heavy (non-hydrogen) atoms. The van der Waals surface area contributed by atoms with Crippen molar-refractivity contribution in [3.63, 3.8) is 0 Å². The van der Waals surface area contributed by atoms with Crippen LogP contribution in [0.25, 0.3) is 10.8 Å². The molecule has 2 aromatic carbocycles. The van der Waals surface area contributed by atoms with Crippen LogP contribution < -0.4 is 10.0 Å². The Bertz CT molecular complexity index is 668. The molecular weight excluding hydrogens is 296 g/mol. The molecule has 2 rings (SSSR count). The third-order valence-electron chi connectivity index (χ3n) is 3.11. The van der Waals surface area contributed by atoms with Gasteiger partial charge < -0.3 is 5.32 Å². The summed E-state index contributed by atoms with van der Waals surface area (Å²) < 4.78 is 27.3. The summed E-state index contributed by atoms with van der Waals surface area (Å²) in [6, 6.07) is 12.9. The molecule has 0 saturated heterocycles. The molecule has 0 aliphatic heterocycles. The predicted molar refractivity (Wildman–Crippen MR) is 84.9 cm³/mol. The van der Waals surface area contributed by atoms with Gasteiger partial charge in [0, 0.05) is 18.0 Å². The third-order valence-corrected chi connectivity index (χ3v) is 4.59. The number of likely N-dealkylation sites (N-methyl/N-ethyl adjacent to an activating group) is 1. The van der Waals surface area contributed by atoms with Gasteiger partial charge in [0.15, 0.2) is 0 Å². The van der Waals surface area contributed by atoms with Crippen molar-refractivity contribution in [3.8, 4) is 0 Å². The summed E-state index contributed by atoms with van der Waals surface area (Å²) in [5, 5.41) is 4.67. The van der Waals surface area contributed by atoms with E-state index in [4.69, 9.17) is 0 Å². The standard InChI is InChI=1S/C14H18N2O2S.ClH/c1-11(15-2)10-16-19(17,18)14-9-5-7-12-6-3-4-8-13(12)14;/h3-9,11,15-16H,10H2,1-2H3;1H. The quantitative estimate of drug-likeness (QED) is 0.889. The van der Waals surface area contributed by atoms with Gasteiger partial charge in [0.2, 0.25) is 10.0 Å². The van der Waals surface area contributed by atoms with Crippen LogP contribution in [0.4, 0.5) is 0 Å². The number of hydrogen-bond donors (Lipinski definition) is 2. The SMILES string of the molecule is CNC(C)CNS(=O)(=O)c1cccc2ccccc12.Cl. The molecule has 0 aromatic heterocycles. The second-order valence-corrected chi connectivity index (χ2v) is 6.25. The van der Waals surface area contributed by atoms with Crippen molar-refractivity contribution < 1.29 is 8.42 Å². The zero-order valence-electron chi connectivity index (χ0n) is 11.5. The lowest BCUT2D eigenvalue weighted by molar-refractivity contribution is 0.555. The summed E-state index contributed by atoms with van der Waals surface area (Å²) in [5.41, 5.74) is 0. The molecule has 0 amide bonds. The Labute approximate surface area is 126 Å². The lowest BCUT2D eigenvalue weighted by Gasteiger charge is -2.13. The van der Waals surface area contributed by atoms with E-state index >= 15 is 0 Å². The lowest BCUT2D eigenvalue weighted by Crippen LogP contribution is -2.37. The minimum Gasteiger partial charge on any atom is -0.316 e. The number of rotatable bonds is 5. The second-order valence-electron chi connectivity index (χ2n) is 4.52. The first-order valence-electron chi connectivity index (χ1n) is 6.19. The van der Waals surface area contributed by atoms with Crippen LogP contribution in [0.15, 0.2) is 47.4 Å². The number of nitrogens with one attached hydrogen (secondary N) is 2. The highest BCUT2D eigenvalue weighted by Gasteiger charge is 2.17. The summed E-state index contributed by atoms with van der Waals surface area (Å²) in [6.07, 6.45) is 0. The van der Waals surface area contributed by atoms with E-state index in [0.717, 1.165) is 10.8 Å². The molecule has 0 radical (unpaired) electrons. The summed E-state index contributed by atoms with van der Waals surface area (Å²) in [4.78, 5) is 0.328. The van der Waals surface area contributed by atoms with Crippen molar-refractivity contribution in [1.82, 2.24) is 10.0 Å². The lowest BCUT2D eigenvalue weighted by atomic mass is 10.1. The highest BCUT2D eigenvalue weighted by Crippen LogP contribution is 2.22. The van der Waals surface area contributed by atoms with E-state index in [1.165, 1.54) is 0 Å². The largest absolute Gasteiger partial charge is 0.316 e. The van der Waals surface area contributed by atoms with Gasteiger partial charge >= 0.3 is 0 Å². The fourth-order valence-corrected chi connectivity index (χ4v) is 3.20. The monoisotopic (exact) mass is 314 g/mol. The molecule has 0 heterocycles. The smallest absolute Gasteiger partial charge is 0.241 e. The fraction of sp³-hybridized carbons (Fsp3) is 0.286. The van der Waals surface area contributed by atoms with Gasteiger partial charge in [-0.05, 0) is 25.4 Å². The summed E-state index contributed by atoms with van der Waals surface area (Å²) in [5.74, 6) is 0. The zero-order valence-corrected chi connectivity index (χ0v) is 13.1. The van der Waals surface area contributed by atoms with Gasteiger partial charge in [-0.25, -0.2) is 13.1 Å². The Morgan fingerprint density at radius 1 is 1.10 bits per heavy atom. The van der Waals surface area contributed by atoms with Crippen molar-refractivity contribution >= 4 is 33.2 Å². The maximum absolute atomic E-state index is 12.3. The van der Waals surface area contributed by atoms with E-state index in [-0.39, 0.29) is 18.4 Å². The van der Waals surface area contributed by atoms with Crippen LogP contribution in [0.1, 0.15) is 6.92 Å². The van der Waals surface area contributed by atoms with E-state index < -0.39 is 10.0 Å². The molecule has 0 spiro atoms. The molecule has 0 saturated carbocycles. The normalized spacial score (nSPS) is 12.9. The van der Waals surface area contributed by atoms with Crippen LogP contribution in [-0.2, 0) is 10.0 Å². The van der Waals surface area contributed by atoms with Crippen LogP contribution in [-0.4, -0.2) is 28.1 Å². The van der Waals surface area contributed by atoms with Crippen LogP contribution in [0.5, 0.6) is 0 Å². The van der Waals surface area contributed by atoms with Gasteiger partial charge in [0.05, 0.1) is 4.90 Å². The first-order valence-corrected chi connectivity index (χ1v) is 7.67. The molecule has 0 bridgehead atoms. The molecule has 0 fully saturated rings. The molecule has 2 aromatic rings. The molecule has 0 aliphatic rings. The van der Waals surface area contributed by atoms with Gasteiger partial charge in [0.1, 0.15) is 0 Å². The number of hydrogen-bond acceptors (Lipinski definition) is 3. The fourth-order valence-electron chi connectivity index (χ4n) is 1.84. The molecule has 6 heteroatoms. The van der Waals surface area contributed by atoms with E-state index in [1.54, 1.807) is 19.2 Å². The second kappa shape index (κ2) is 7.04. The topological polar surface area (TPSA) is 58.2 Å². The van der Waals surface area contributed by atoms with Gasteiger partial charge in [-0.15, -0.1) is 12.4 Å². The van der Waals surface area contributed by atoms with Crippen LogP contribution >= 0.6 is 12.4 Å². The molecule has 1 atom stereocenters. The first kappa shape index (κ1) is 16.9. The van der Waals surface area contributed by atoms with Crippen molar-refractivity contribution in [2.24, 2.45) is 0 Å². The molecule has 0 aliphatic carbocycles. The van der Waals surface area contributed by atoms with E-state index in [2.05, 4.69) is 10.0 Å². The average Bonchev–Trinajstić information content (AvgIpc) is 2.44. The number of fused-ring (bicyclic) bond motifs is 1. The first-order chi connectivity index (χ1) is 9.04. The predicted octanol–water partition coefficient (Wildman–Crippen LogP) is 2.15. The van der Waals surface area contributed by atoms with Crippen LogP contribution in [0.3, 0.4) is 0 Å². The number of halogens is 1. The van der Waals surface area contributed by atoms with Crippen molar-refractivity contribution in [3.05, 3.63) is 42.5 Å². The Balaban J connectivity index is 0.00000200. The van der Waals surface area contributed by atoms with Crippen LogP contribution in [0, 0.1) is 0 Å².